The van der Waals surface area contributed by atoms with Crippen LogP contribution in [0.15, 0.2) is 11.6 Å². The molecule has 160 valence electrons. The van der Waals surface area contributed by atoms with Gasteiger partial charge in [0, 0.05) is 6.42 Å². The fourth-order valence-corrected chi connectivity index (χ4v) is 5.71. The lowest BCUT2D eigenvalue weighted by atomic mass is 9.63. The maximum Gasteiger partial charge on any atom is 0.496 e. The van der Waals surface area contributed by atoms with Crippen LogP contribution in [-0.2, 0) is 9.53 Å². The SMILES string of the molecule is CC1C=C2CCCC(C(=O)OC3CCC(CC[NH+]([O-])SC(F)(F)F)CC3)(C2)C1. The van der Waals surface area contributed by atoms with Gasteiger partial charge in [-0.1, -0.05) is 18.6 Å². The Labute approximate surface area is 169 Å². The molecule has 0 saturated heterocycles. The number of fused-ring (bicyclic) bond motifs is 2. The van der Waals surface area contributed by atoms with E-state index in [2.05, 4.69) is 13.0 Å². The van der Waals surface area contributed by atoms with E-state index in [1.165, 1.54) is 5.57 Å². The maximum atomic E-state index is 13.0. The molecule has 3 unspecified atom stereocenters. The number of hydrogen-bond donors (Lipinski definition) is 1. The largest absolute Gasteiger partial charge is 0.621 e. The minimum absolute atomic E-state index is 0.0462. The normalized spacial score (nSPS) is 34.5. The Morgan fingerprint density at radius 3 is 2.75 bits per heavy atom. The summed E-state index contributed by atoms with van der Waals surface area (Å²) in [5.74, 6) is 0.606. The Kier molecular flexibility index (Phi) is 7.03. The summed E-state index contributed by atoms with van der Waals surface area (Å²) in [5, 5.41) is 11.4. The number of rotatable bonds is 6. The number of allylic oxidation sites excluding steroid dienone is 2. The summed E-state index contributed by atoms with van der Waals surface area (Å²) in [6.45, 7) is 2.12. The topological polar surface area (TPSA) is 53.8 Å². The molecule has 3 aliphatic carbocycles. The van der Waals surface area contributed by atoms with Crippen molar-refractivity contribution >= 4 is 17.9 Å². The zero-order chi connectivity index (χ0) is 20.4. The average Bonchev–Trinajstić information content (AvgIpc) is 2.59. The van der Waals surface area contributed by atoms with Gasteiger partial charge in [0.05, 0.1) is 12.0 Å². The molecule has 2 fully saturated rings. The van der Waals surface area contributed by atoms with Crippen LogP contribution in [-0.4, -0.2) is 24.1 Å². The third-order valence-corrected chi connectivity index (χ3v) is 7.10. The number of hydrogen-bond acceptors (Lipinski definition) is 4. The first kappa shape index (κ1) is 22.0. The van der Waals surface area contributed by atoms with Gasteiger partial charge < -0.3 is 14.4 Å². The molecule has 3 rings (SSSR count). The first-order valence-corrected chi connectivity index (χ1v) is 11.2. The van der Waals surface area contributed by atoms with E-state index >= 15 is 0 Å². The van der Waals surface area contributed by atoms with Gasteiger partial charge in [-0.2, -0.15) is 13.2 Å². The molecular weight excluding hydrogens is 391 g/mol. The zero-order valence-corrected chi connectivity index (χ0v) is 17.2. The first-order valence-electron chi connectivity index (χ1n) is 10.3. The monoisotopic (exact) mass is 421 g/mol. The molecule has 4 nitrogen and oxygen atoms in total. The van der Waals surface area contributed by atoms with E-state index in [9.17, 15) is 23.2 Å². The van der Waals surface area contributed by atoms with Crippen LogP contribution in [0.2, 0.25) is 0 Å². The first-order chi connectivity index (χ1) is 13.2. The number of quaternary nitrogens is 1. The lowest BCUT2D eigenvalue weighted by Crippen LogP contribution is -3.01. The van der Waals surface area contributed by atoms with Gasteiger partial charge in [-0.3, -0.25) is 4.79 Å². The van der Waals surface area contributed by atoms with E-state index in [-0.39, 0.29) is 30.0 Å². The molecule has 3 aliphatic rings. The van der Waals surface area contributed by atoms with E-state index in [1.54, 1.807) is 0 Å². The number of esters is 1. The van der Waals surface area contributed by atoms with Crippen molar-refractivity contribution in [3.05, 3.63) is 16.9 Å². The summed E-state index contributed by atoms with van der Waals surface area (Å²) in [4.78, 5) is 13.0. The number of carbonyl (C=O) groups excluding carboxylic acids is 1. The van der Waals surface area contributed by atoms with Crippen LogP contribution in [0.1, 0.15) is 71.1 Å². The number of carbonyl (C=O) groups is 1. The average molecular weight is 422 g/mol. The number of nitrogens with one attached hydrogen (secondary N) is 1. The maximum absolute atomic E-state index is 13.0. The van der Waals surface area contributed by atoms with Crippen LogP contribution in [0.4, 0.5) is 13.2 Å². The minimum atomic E-state index is -4.49. The summed E-state index contributed by atoms with van der Waals surface area (Å²) < 4.78 is 41.7. The van der Waals surface area contributed by atoms with Gasteiger partial charge >= 0.3 is 11.5 Å². The molecule has 0 heterocycles. The Morgan fingerprint density at radius 1 is 1.36 bits per heavy atom. The standard InChI is InChI=1S/C20H30F3NO3S/c1-14-11-16-3-2-9-19(12-14,13-16)18(25)27-17-6-4-15(5-7-17)8-10-24(26)28-20(21,22)23/h11,14-15,17,24H,2-10,12-13H2,1H3. The van der Waals surface area contributed by atoms with Crippen molar-refractivity contribution in [3.63, 3.8) is 0 Å². The molecule has 0 amide bonds. The molecule has 2 saturated carbocycles. The molecule has 0 radical (unpaired) electrons. The molecule has 2 bridgehead atoms. The summed E-state index contributed by atoms with van der Waals surface area (Å²) in [6, 6.07) is 0. The van der Waals surface area contributed by atoms with E-state index in [0.29, 0.717) is 12.3 Å². The van der Waals surface area contributed by atoms with Gasteiger partial charge in [0.1, 0.15) is 6.10 Å². The molecule has 8 heteroatoms. The smallest absolute Gasteiger partial charge is 0.496 e. The highest BCUT2D eigenvalue weighted by Crippen LogP contribution is 2.49. The van der Waals surface area contributed by atoms with Crippen LogP contribution in [0.3, 0.4) is 0 Å². The highest BCUT2D eigenvalue weighted by Gasteiger charge is 2.46. The van der Waals surface area contributed by atoms with Gasteiger partial charge in [0.15, 0.2) is 11.9 Å². The van der Waals surface area contributed by atoms with Gasteiger partial charge in [0.2, 0.25) is 0 Å². The van der Waals surface area contributed by atoms with Crippen molar-refractivity contribution in [3.8, 4) is 0 Å². The number of halogens is 3. The Balaban J connectivity index is 1.42. The Morgan fingerprint density at radius 2 is 2.07 bits per heavy atom. The summed E-state index contributed by atoms with van der Waals surface area (Å²) in [6.07, 6.45) is 10.5. The number of alkyl halides is 3. The molecule has 0 spiro atoms. The molecule has 0 aliphatic heterocycles. The molecule has 1 N–H and O–H groups in total. The highest BCUT2D eigenvalue weighted by molar-refractivity contribution is 7.93. The molecule has 28 heavy (non-hydrogen) atoms. The van der Waals surface area contributed by atoms with E-state index in [1.807, 2.05) is 0 Å². The second kappa shape index (κ2) is 8.96. The molecule has 0 aromatic rings. The van der Waals surface area contributed by atoms with E-state index in [4.69, 9.17) is 4.74 Å². The molecule has 0 aromatic heterocycles. The summed E-state index contributed by atoms with van der Waals surface area (Å²) >= 11 is -0.535. The fourth-order valence-electron chi connectivity index (χ4n) is 5.23. The second-order valence-electron chi connectivity index (χ2n) is 8.82. The van der Waals surface area contributed by atoms with E-state index < -0.39 is 21.9 Å². The Bertz CT molecular complexity index is 590. The van der Waals surface area contributed by atoms with Crippen LogP contribution in [0, 0.1) is 22.5 Å². The van der Waals surface area contributed by atoms with Crippen LogP contribution < -0.4 is 4.47 Å². The third kappa shape index (κ3) is 5.89. The number of hydroxylamine groups is 1. The molecular formula is C20H30F3NO3S. The lowest BCUT2D eigenvalue weighted by molar-refractivity contribution is -0.698. The van der Waals surface area contributed by atoms with E-state index in [0.717, 1.165) is 57.8 Å². The van der Waals surface area contributed by atoms with Crippen LogP contribution >= 0.6 is 11.9 Å². The lowest BCUT2D eigenvalue weighted by Gasteiger charge is -2.42. The molecule has 0 aromatic carbocycles. The number of ether oxygens (including phenoxy) is 1. The third-order valence-electron chi connectivity index (χ3n) is 6.44. The van der Waals surface area contributed by atoms with Gasteiger partial charge in [-0.05, 0) is 69.6 Å². The Hall–Kier alpha value is -0.730. The minimum Gasteiger partial charge on any atom is -0.621 e. The van der Waals surface area contributed by atoms with Crippen molar-refractivity contribution in [2.24, 2.45) is 17.3 Å². The zero-order valence-electron chi connectivity index (χ0n) is 16.4. The van der Waals surface area contributed by atoms with Crippen molar-refractivity contribution in [2.45, 2.75) is 82.7 Å². The van der Waals surface area contributed by atoms with Gasteiger partial charge in [-0.25, -0.2) is 0 Å². The second-order valence-corrected chi connectivity index (χ2v) is 9.95. The van der Waals surface area contributed by atoms with Crippen LogP contribution in [0.25, 0.3) is 0 Å². The van der Waals surface area contributed by atoms with Crippen molar-refractivity contribution < 1.29 is 27.2 Å². The highest BCUT2D eigenvalue weighted by atomic mass is 32.2. The van der Waals surface area contributed by atoms with Crippen molar-refractivity contribution in [1.82, 2.24) is 0 Å². The summed E-state index contributed by atoms with van der Waals surface area (Å²) in [7, 11) is 0. The van der Waals surface area contributed by atoms with Crippen molar-refractivity contribution in [1.29, 1.82) is 0 Å². The predicted octanol–water partition coefficient (Wildman–Crippen LogP) is 4.56. The quantitative estimate of drug-likeness (QED) is 0.296. The van der Waals surface area contributed by atoms with Gasteiger partial charge in [0.25, 0.3) is 0 Å². The summed E-state index contributed by atoms with van der Waals surface area (Å²) in [5.41, 5.74) is -3.44. The fraction of sp³-hybridized carbons (Fsp3) is 0.850. The van der Waals surface area contributed by atoms with Gasteiger partial charge in [-0.15, -0.1) is 0 Å². The van der Waals surface area contributed by atoms with Crippen molar-refractivity contribution in [2.75, 3.05) is 6.54 Å². The molecule has 3 atom stereocenters. The predicted molar refractivity (Wildman–Crippen MR) is 102 cm³/mol. The van der Waals surface area contributed by atoms with Crippen LogP contribution in [0.5, 0.6) is 0 Å².